The highest BCUT2D eigenvalue weighted by atomic mass is 32.1. The Hall–Kier alpha value is -3.12. The van der Waals surface area contributed by atoms with Crippen LogP contribution in [-0.2, 0) is 0 Å². The molecule has 0 aliphatic carbocycles. The number of ketones is 1. The molecule has 0 fully saturated rings. The fourth-order valence-corrected chi connectivity index (χ4v) is 3.74. The molecule has 0 saturated carbocycles. The molecule has 0 saturated heterocycles. The van der Waals surface area contributed by atoms with Crippen LogP contribution < -0.4 is 9.47 Å². The second-order valence-electron chi connectivity index (χ2n) is 5.99. The fraction of sp³-hybridized carbons (Fsp3) is 0.182. The van der Waals surface area contributed by atoms with Crippen molar-refractivity contribution in [2.45, 2.75) is 13.8 Å². The third kappa shape index (κ3) is 4.23. The first kappa shape index (κ1) is 19.6. The normalized spacial score (nSPS) is 11.0. The Balaban J connectivity index is 1.86. The van der Waals surface area contributed by atoms with Crippen LogP contribution in [0.25, 0.3) is 16.6 Å². The summed E-state index contributed by atoms with van der Waals surface area (Å²) in [5.74, 6) is 1.31. The second kappa shape index (κ2) is 8.71. The number of thiazole rings is 1. The number of carbonyl (C=O) groups is 1. The van der Waals surface area contributed by atoms with Gasteiger partial charge in [-0.2, -0.15) is 0 Å². The quantitative estimate of drug-likeness (QED) is 0.444. The molecule has 0 bridgehead atoms. The first-order chi connectivity index (χ1) is 13.5. The van der Waals surface area contributed by atoms with Gasteiger partial charge in [0.15, 0.2) is 17.3 Å². The molecule has 144 valence electrons. The van der Waals surface area contributed by atoms with E-state index >= 15 is 0 Å². The number of rotatable bonds is 7. The van der Waals surface area contributed by atoms with E-state index in [1.807, 2.05) is 32.0 Å². The monoisotopic (exact) mass is 395 g/mol. The number of ether oxygens (including phenoxy) is 2. The maximum atomic E-state index is 12.7. The van der Waals surface area contributed by atoms with Gasteiger partial charge in [-0.25, -0.2) is 4.98 Å². The Morgan fingerprint density at radius 2 is 1.96 bits per heavy atom. The molecule has 0 aliphatic heterocycles. The van der Waals surface area contributed by atoms with Gasteiger partial charge in [-0.05, 0) is 56.3 Å². The summed E-state index contributed by atoms with van der Waals surface area (Å²) in [6.07, 6.45) is 3.25. The summed E-state index contributed by atoms with van der Waals surface area (Å²) in [5, 5.41) is 10.2. The average Bonchev–Trinajstić information content (AvgIpc) is 3.08. The summed E-state index contributed by atoms with van der Waals surface area (Å²) in [6.45, 7) is 4.25. The van der Waals surface area contributed by atoms with Crippen molar-refractivity contribution in [2.75, 3.05) is 13.7 Å². The summed E-state index contributed by atoms with van der Waals surface area (Å²) in [7, 11) is 1.58. The molecular formula is C22H21NO4S. The maximum absolute atomic E-state index is 12.7. The molecular weight excluding hydrogens is 374 g/mol. The van der Waals surface area contributed by atoms with E-state index in [1.165, 1.54) is 17.4 Å². The Bertz CT molecular complexity index is 1010. The van der Waals surface area contributed by atoms with Gasteiger partial charge in [0.1, 0.15) is 10.8 Å². The van der Waals surface area contributed by atoms with Crippen LogP contribution in [0, 0.1) is 6.92 Å². The van der Waals surface area contributed by atoms with Crippen LogP contribution in [0.3, 0.4) is 0 Å². The first-order valence-electron chi connectivity index (χ1n) is 8.82. The first-order valence-corrected chi connectivity index (χ1v) is 9.64. The van der Waals surface area contributed by atoms with Crippen molar-refractivity contribution in [3.05, 3.63) is 64.7 Å². The smallest absolute Gasteiger partial charge is 0.197 e. The Morgan fingerprint density at radius 3 is 2.64 bits per heavy atom. The largest absolute Gasteiger partial charge is 0.508 e. The van der Waals surface area contributed by atoms with Crippen molar-refractivity contribution in [1.29, 1.82) is 0 Å². The molecule has 0 amide bonds. The molecule has 1 N–H and O–H groups in total. The van der Waals surface area contributed by atoms with Crippen molar-refractivity contribution < 1.29 is 19.4 Å². The summed E-state index contributed by atoms with van der Waals surface area (Å²) in [6, 6.07) is 12.3. The lowest BCUT2D eigenvalue weighted by Crippen LogP contribution is -1.97. The second-order valence-corrected chi connectivity index (χ2v) is 6.99. The molecule has 1 heterocycles. The minimum atomic E-state index is -0.121. The number of benzene rings is 2. The van der Waals surface area contributed by atoms with Crippen molar-refractivity contribution in [3.63, 3.8) is 0 Å². The zero-order chi connectivity index (χ0) is 20.1. The molecule has 3 aromatic rings. The van der Waals surface area contributed by atoms with Gasteiger partial charge in [-0.1, -0.05) is 12.1 Å². The van der Waals surface area contributed by atoms with Crippen molar-refractivity contribution in [3.8, 4) is 27.8 Å². The number of hydrogen-bond acceptors (Lipinski definition) is 6. The zero-order valence-corrected chi connectivity index (χ0v) is 16.7. The highest BCUT2D eigenvalue weighted by molar-refractivity contribution is 7.17. The van der Waals surface area contributed by atoms with Crippen LogP contribution in [0.2, 0.25) is 0 Å². The molecule has 28 heavy (non-hydrogen) atoms. The van der Waals surface area contributed by atoms with Gasteiger partial charge < -0.3 is 14.6 Å². The third-order valence-electron chi connectivity index (χ3n) is 4.06. The molecule has 0 spiro atoms. The van der Waals surface area contributed by atoms with E-state index < -0.39 is 0 Å². The number of aromatic hydroxyl groups is 1. The number of hydrogen-bond donors (Lipinski definition) is 1. The topological polar surface area (TPSA) is 68.7 Å². The van der Waals surface area contributed by atoms with E-state index in [9.17, 15) is 9.90 Å². The number of nitrogens with zero attached hydrogens (tertiary/aromatic N) is 1. The summed E-state index contributed by atoms with van der Waals surface area (Å²) in [4.78, 5) is 17.8. The number of allylic oxidation sites excluding steroid dienone is 1. The van der Waals surface area contributed by atoms with Crippen LogP contribution >= 0.6 is 11.3 Å². The number of phenols is 1. The molecule has 0 aliphatic rings. The van der Waals surface area contributed by atoms with Gasteiger partial charge in [0.25, 0.3) is 0 Å². The molecule has 3 rings (SSSR count). The van der Waals surface area contributed by atoms with Gasteiger partial charge in [-0.3, -0.25) is 4.79 Å². The molecule has 0 unspecified atom stereocenters. The van der Waals surface area contributed by atoms with Crippen LogP contribution in [0.4, 0.5) is 0 Å². The lowest BCUT2D eigenvalue weighted by atomic mass is 10.1. The van der Waals surface area contributed by atoms with E-state index in [-0.39, 0.29) is 11.5 Å². The lowest BCUT2D eigenvalue weighted by molar-refractivity contribution is 0.105. The predicted octanol–water partition coefficient (Wildman–Crippen LogP) is 5.13. The molecule has 0 atom stereocenters. The van der Waals surface area contributed by atoms with E-state index in [4.69, 9.17) is 9.47 Å². The minimum Gasteiger partial charge on any atom is -0.508 e. The van der Waals surface area contributed by atoms with Crippen LogP contribution in [0.15, 0.2) is 48.5 Å². The number of para-hydroxylation sites is 1. The van der Waals surface area contributed by atoms with E-state index in [1.54, 1.807) is 37.5 Å². The molecule has 0 radical (unpaired) electrons. The van der Waals surface area contributed by atoms with Crippen molar-refractivity contribution in [1.82, 2.24) is 4.98 Å². The molecule has 2 aromatic carbocycles. The van der Waals surface area contributed by atoms with Gasteiger partial charge in [0, 0.05) is 11.1 Å². The third-order valence-corrected chi connectivity index (χ3v) is 5.28. The average molecular weight is 395 g/mol. The Labute approximate surface area is 167 Å². The standard InChI is InChI=1S/C22H21NO4S/c1-4-27-19-7-5-6-15(20(19)26-3)10-13-18(25)21-14(2)23-22(28-21)16-8-11-17(24)12-9-16/h5-13,24H,4H2,1-3H3/b13-10+. The number of phenolic OH excluding ortho intramolecular Hbond substituents is 1. The number of aromatic nitrogens is 1. The summed E-state index contributed by atoms with van der Waals surface area (Å²) < 4.78 is 11.0. The summed E-state index contributed by atoms with van der Waals surface area (Å²) in [5.41, 5.74) is 2.31. The van der Waals surface area contributed by atoms with Crippen molar-refractivity contribution in [2.24, 2.45) is 0 Å². The summed E-state index contributed by atoms with van der Waals surface area (Å²) >= 11 is 1.33. The molecule has 6 heteroatoms. The van der Waals surface area contributed by atoms with Gasteiger partial charge in [-0.15, -0.1) is 11.3 Å². The number of aryl methyl sites for hydroxylation is 1. The highest BCUT2D eigenvalue weighted by Crippen LogP contribution is 2.33. The van der Waals surface area contributed by atoms with Crippen LogP contribution in [0.1, 0.15) is 27.9 Å². The SMILES string of the molecule is CCOc1cccc(/C=C/C(=O)c2sc(-c3ccc(O)cc3)nc2C)c1OC. The zero-order valence-electron chi connectivity index (χ0n) is 15.9. The van der Waals surface area contributed by atoms with Crippen LogP contribution in [0.5, 0.6) is 17.2 Å². The maximum Gasteiger partial charge on any atom is 0.197 e. The highest BCUT2D eigenvalue weighted by Gasteiger charge is 2.15. The van der Waals surface area contributed by atoms with Crippen molar-refractivity contribution >= 4 is 23.2 Å². The predicted molar refractivity (Wildman–Crippen MR) is 111 cm³/mol. The van der Waals surface area contributed by atoms with Gasteiger partial charge >= 0.3 is 0 Å². The number of methoxy groups -OCH3 is 1. The van der Waals surface area contributed by atoms with E-state index in [0.717, 1.165) is 16.1 Å². The molecule has 1 aromatic heterocycles. The van der Waals surface area contributed by atoms with E-state index in [2.05, 4.69) is 4.98 Å². The van der Waals surface area contributed by atoms with Gasteiger partial charge in [0.05, 0.1) is 24.3 Å². The molecule has 5 nitrogen and oxygen atoms in total. The van der Waals surface area contributed by atoms with Gasteiger partial charge in [0.2, 0.25) is 0 Å². The Kier molecular flexibility index (Phi) is 6.11. The Morgan fingerprint density at radius 1 is 1.21 bits per heavy atom. The minimum absolute atomic E-state index is 0.121. The number of carbonyl (C=O) groups excluding carboxylic acids is 1. The fourth-order valence-electron chi connectivity index (χ4n) is 2.75. The van der Waals surface area contributed by atoms with Crippen LogP contribution in [-0.4, -0.2) is 29.6 Å². The van der Waals surface area contributed by atoms with E-state index in [0.29, 0.717) is 28.7 Å². The lowest BCUT2D eigenvalue weighted by Gasteiger charge is -2.11.